The molecule has 0 bridgehead atoms. The monoisotopic (exact) mass is 307 g/mol. The third kappa shape index (κ3) is 3.37. The lowest BCUT2D eigenvalue weighted by atomic mass is 10.1. The number of aromatic amines is 1. The summed E-state index contributed by atoms with van der Waals surface area (Å²) in [5.74, 6) is 0.277. The molecule has 21 heavy (non-hydrogen) atoms. The van der Waals surface area contributed by atoms with Crippen LogP contribution in [0, 0.1) is 0 Å². The van der Waals surface area contributed by atoms with Gasteiger partial charge in [-0.05, 0) is 36.3 Å². The molecule has 2 aromatic rings. The van der Waals surface area contributed by atoms with Crippen molar-refractivity contribution >= 4 is 23.2 Å². The van der Waals surface area contributed by atoms with Crippen LogP contribution in [0.3, 0.4) is 0 Å². The summed E-state index contributed by atoms with van der Waals surface area (Å²) in [6, 6.07) is 5.11. The highest BCUT2D eigenvalue weighted by Crippen LogP contribution is 2.28. The van der Waals surface area contributed by atoms with Crippen molar-refractivity contribution in [1.29, 1.82) is 0 Å². The van der Waals surface area contributed by atoms with Crippen molar-refractivity contribution in [1.82, 2.24) is 20.6 Å². The number of hydrogen-bond donors (Lipinski definition) is 2. The minimum atomic E-state index is -0.103. The van der Waals surface area contributed by atoms with E-state index in [4.69, 9.17) is 16.3 Å². The fraction of sp³-hybridized carbons (Fsp3) is 0.385. The van der Waals surface area contributed by atoms with E-state index in [1.165, 1.54) is 0 Å². The molecule has 2 N–H and O–H groups in total. The molecule has 8 heteroatoms. The lowest BCUT2D eigenvalue weighted by molar-refractivity contribution is -0.118. The summed E-state index contributed by atoms with van der Waals surface area (Å²) in [5, 5.41) is 17.1. The lowest BCUT2D eigenvalue weighted by Gasteiger charge is -2.12. The number of nitrogens with one attached hydrogen (secondary N) is 2. The summed E-state index contributed by atoms with van der Waals surface area (Å²) in [5.41, 5.74) is 1.22. The highest BCUT2D eigenvalue weighted by Gasteiger charge is 2.20. The average molecular weight is 308 g/mol. The van der Waals surface area contributed by atoms with Crippen LogP contribution in [-0.4, -0.2) is 39.2 Å². The molecule has 2 heterocycles. The van der Waals surface area contributed by atoms with Crippen LogP contribution in [0.15, 0.2) is 18.2 Å². The standard InChI is InChI=1S/C13H14ClN5O2/c14-8-3-4-11(10(6-8)13-16-18-19-17-13)15-12(20)7-9-2-1-5-21-9/h3-4,6,9H,1-2,5,7H2,(H,15,20)(H,16,17,18,19). The number of halogens is 1. The molecular formula is C13H14ClN5O2. The van der Waals surface area contributed by atoms with Crippen molar-refractivity contribution in [2.45, 2.75) is 25.4 Å². The van der Waals surface area contributed by atoms with Gasteiger partial charge in [-0.3, -0.25) is 4.79 Å². The Morgan fingerprint density at radius 1 is 1.52 bits per heavy atom. The number of H-pyrrole nitrogens is 1. The Bertz CT molecular complexity index is 625. The average Bonchev–Trinajstić information content (AvgIpc) is 3.13. The SMILES string of the molecule is O=C(CC1CCCO1)Nc1ccc(Cl)cc1-c1nn[nH]n1. The molecule has 0 saturated carbocycles. The minimum absolute atomic E-state index is 0.00549. The number of aromatic nitrogens is 4. The van der Waals surface area contributed by atoms with Crippen LogP contribution in [0.4, 0.5) is 5.69 Å². The van der Waals surface area contributed by atoms with Gasteiger partial charge in [0.1, 0.15) is 0 Å². The molecule has 1 aromatic heterocycles. The van der Waals surface area contributed by atoms with Crippen molar-refractivity contribution < 1.29 is 9.53 Å². The molecule has 1 aromatic carbocycles. The molecule has 7 nitrogen and oxygen atoms in total. The van der Waals surface area contributed by atoms with Gasteiger partial charge in [0, 0.05) is 17.2 Å². The van der Waals surface area contributed by atoms with Crippen LogP contribution < -0.4 is 5.32 Å². The van der Waals surface area contributed by atoms with Crippen molar-refractivity contribution in [3.63, 3.8) is 0 Å². The summed E-state index contributed by atoms with van der Waals surface area (Å²) >= 11 is 5.99. The molecule has 1 fully saturated rings. The number of ether oxygens (including phenoxy) is 1. The van der Waals surface area contributed by atoms with Crippen LogP contribution in [0.5, 0.6) is 0 Å². The Morgan fingerprint density at radius 2 is 2.43 bits per heavy atom. The predicted octanol–water partition coefficient (Wildman–Crippen LogP) is 2.03. The Labute approximate surface area is 126 Å². The first-order chi connectivity index (χ1) is 10.2. The normalized spacial score (nSPS) is 17.9. The van der Waals surface area contributed by atoms with Gasteiger partial charge in [0.15, 0.2) is 0 Å². The number of rotatable bonds is 4. The van der Waals surface area contributed by atoms with Gasteiger partial charge in [0.05, 0.1) is 18.2 Å². The molecule has 1 unspecified atom stereocenters. The Morgan fingerprint density at radius 3 is 3.14 bits per heavy atom. The first-order valence-corrected chi connectivity index (χ1v) is 7.05. The smallest absolute Gasteiger partial charge is 0.227 e. The third-order valence-corrected chi connectivity index (χ3v) is 3.51. The van der Waals surface area contributed by atoms with Crippen molar-refractivity contribution in [2.24, 2.45) is 0 Å². The largest absolute Gasteiger partial charge is 0.378 e. The number of tetrazole rings is 1. The van der Waals surface area contributed by atoms with E-state index < -0.39 is 0 Å². The van der Waals surface area contributed by atoms with Gasteiger partial charge in [0.25, 0.3) is 0 Å². The number of carbonyl (C=O) groups excluding carboxylic acids is 1. The van der Waals surface area contributed by atoms with Crippen molar-refractivity contribution in [3.8, 4) is 11.4 Å². The minimum Gasteiger partial charge on any atom is -0.378 e. The summed E-state index contributed by atoms with van der Waals surface area (Å²) in [6.07, 6.45) is 2.28. The summed E-state index contributed by atoms with van der Waals surface area (Å²) in [6.45, 7) is 0.729. The van der Waals surface area contributed by atoms with Crippen LogP contribution in [0.2, 0.25) is 5.02 Å². The lowest BCUT2D eigenvalue weighted by Crippen LogP contribution is -2.19. The molecule has 1 saturated heterocycles. The maximum Gasteiger partial charge on any atom is 0.227 e. The second kappa shape index (κ2) is 6.19. The first kappa shape index (κ1) is 14.0. The van der Waals surface area contributed by atoms with Gasteiger partial charge in [-0.2, -0.15) is 5.21 Å². The molecule has 1 amide bonds. The predicted molar refractivity (Wildman–Crippen MR) is 76.8 cm³/mol. The topological polar surface area (TPSA) is 92.8 Å². The second-order valence-electron chi connectivity index (χ2n) is 4.81. The van der Waals surface area contributed by atoms with Gasteiger partial charge in [0.2, 0.25) is 11.7 Å². The third-order valence-electron chi connectivity index (χ3n) is 3.28. The molecular weight excluding hydrogens is 294 g/mol. The highest BCUT2D eigenvalue weighted by atomic mass is 35.5. The van der Waals surface area contributed by atoms with E-state index in [0.717, 1.165) is 19.4 Å². The number of benzene rings is 1. The van der Waals surface area contributed by atoms with E-state index in [1.54, 1.807) is 18.2 Å². The molecule has 1 aliphatic rings. The van der Waals surface area contributed by atoms with Gasteiger partial charge < -0.3 is 10.1 Å². The molecule has 1 atom stereocenters. The van der Waals surface area contributed by atoms with E-state index >= 15 is 0 Å². The van der Waals surface area contributed by atoms with Crippen LogP contribution >= 0.6 is 11.6 Å². The van der Waals surface area contributed by atoms with Gasteiger partial charge in [-0.1, -0.05) is 11.6 Å². The molecule has 3 rings (SSSR count). The van der Waals surface area contributed by atoms with Crippen molar-refractivity contribution in [3.05, 3.63) is 23.2 Å². The molecule has 0 radical (unpaired) electrons. The summed E-state index contributed by atoms with van der Waals surface area (Å²) in [4.78, 5) is 12.1. The van der Waals surface area contributed by atoms with Crippen LogP contribution in [-0.2, 0) is 9.53 Å². The summed E-state index contributed by atoms with van der Waals surface area (Å²) < 4.78 is 5.46. The summed E-state index contributed by atoms with van der Waals surface area (Å²) in [7, 11) is 0. The van der Waals surface area contributed by atoms with E-state index in [1.807, 2.05) is 0 Å². The number of carbonyl (C=O) groups is 1. The van der Waals surface area contributed by atoms with Crippen LogP contribution in [0.1, 0.15) is 19.3 Å². The number of nitrogens with zero attached hydrogens (tertiary/aromatic N) is 3. The molecule has 0 aliphatic carbocycles. The van der Waals surface area contributed by atoms with E-state index in [9.17, 15) is 4.79 Å². The highest BCUT2D eigenvalue weighted by molar-refractivity contribution is 6.31. The molecule has 110 valence electrons. The zero-order chi connectivity index (χ0) is 14.7. The quantitative estimate of drug-likeness (QED) is 0.901. The Balaban J connectivity index is 1.77. The van der Waals surface area contributed by atoms with Crippen molar-refractivity contribution in [2.75, 3.05) is 11.9 Å². The number of anilines is 1. The zero-order valence-electron chi connectivity index (χ0n) is 11.2. The number of hydrogen-bond acceptors (Lipinski definition) is 5. The Kier molecular flexibility index (Phi) is 4.12. The van der Waals surface area contributed by atoms with E-state index in [2.05, 4.69) is 25.9 Å². The maximum atomic E-state index is 12.1. The van der Waals surface area contributed by atoms with Gasteiger partial charge in [-0.15, -0.1) is 10.2 Å². The fourth-order valence-electron chi connectivity index (χ4n) is 2.30. The first-order valence-electron chi connectivity index (χ1n) is 6.67. The van der Waals surface area contributed by atoms with Gasteiger partial charge in [-0.25, -0.2) is 0 Å². The van der Waals surface area contributed by atoms with Crippen LogP contribution in [0.25, 0.3) is 11.4 Å². The number of amides is 1. The Hall–Kier alpha value is -1.99. The maximum absolute atomic E-state index is 12.1. The zero-order valence-corrected chi connectivity index (χ0v) is 11.9. The fourth-order valence-corrected chi connectivity index (χ4v) is 2.47. The second-order valence-corrected chi connectivity index (χ2v) is 5.25. The molecule has 0 spiro atoms. The van der Waals surface area contributed by atoms with E-state index in [-0.39, 0.29) is 12.0 Å². The van der Waals surface area contributed by atoms with Gasteiger partial charge >= 0.3 is 0 Å². The van der Waals surface area contributed by atoms with E-state index in [0.29, 0.717) is 28.5 Å². The molecule has 1 aliphatic heterocycles.